The van der Waals surface area contributed by atoms with Gasteiger partial charge in [0.1, 0.15) is 6.04 Å². The molecule has 3 aliphatic heterocycles. The molecular weight excluding hydrogens is 510 g/mol. The van der Waals surface area contributed by atoms with E-state index >= 15 is 0 Å². The predicted molar refractivity (Wildman–Crippen MR) is 136 cm³/mol. The highest BCUT2D eigenvalue weighted by molar-refractivity contribution is 6.05. The molecule has 13 nitrogen and oxygen atoms in total. The summed E-state index contributed by atoms with van der Waals surface area (Å²) in [6.07, 6.45) is 1.05. The Bertz CT molecular complexity index is 1360. The van der Waals surface area contributed by atoms with Crippen LogP contribution in [-0.4, -0.2) is 77.3 Å². The number of hydrogen-bond acceptors (Lipinski definition) is 8. The van der Waals surface area contributed by atoms with Crippen molar-refractivity contribution in [2.75, 3.05) is 33.9 Å². The van der Waals surface area contributed by atoms with Crippen molar-refractivity contribution in [2.45, 2.75) is 37.8 Å². The molecule has 1 aromatic heterocycles. The molecule has 3 N–H and O–H groups in total. The van der Waals surface area contributed by atoms with Crippen molar-refractivity contribution < 1.29 is 34.3 Å². The summed E-state index contributed by atoms with van der Waals surface area (Å²) in [5.74, 6) is 0.332. The lowest BCUT2D eigenvalue weighted by Crippen LogP contribution is -3.00. The van der Waals surface area contributed by atoms with E-state index in [1.54, 1.807) is 30.2 Å². The number of aromatic nitrogens is 1. The average molecular weight is 542 g/mol. The van der Waals surface area contributed by atoms with E-state index in [0.717, 1.165) is 16.9 Å². The number of ether oxygens (including phenoxy) is 2. The minimum Gasteiger partial charge on any atom is -0.595 e. The summed E-state index contributed by atoms with van der Waals surface area (Å²) in [6.45, 7) is 1.25. The lowest BCUT2D eigenvalue weighted by Gasteiger charge is -2.43. The Morgan fingerprint density at radius 1 is 1.10 bits per heavy atom. The fourth-order valence-electron chi connectivity index (χ4n) is 5.82. The van der Waals surface area contributed by atoms with Crippen molar-refractivity contribution in [3.05, 3.63) is 57.2 Å². The predicted octanol–water partition coefficient (Wildman–Crippen LogP) is -0.232. The van der Waals surface area contributed by atoms with Gasteiger partial charge in [0.2, 0.25) is 11.6 Å². The Morgan fingerprint density at radius 2 is 1.87 bits per heavy atom. The van der Waals surface area contributed by atoms with Crippen LogP contribution in [0.4, 0.5) is 10.5 Å². The Morgan fingerprint density at radius 3 is 2.59 bits per heavy atom. The van der Waals surface area contributed by atoms with E-state index in [4.69, 9.17) is 9.47 Å². The van der Waals surface area contributed by atoms with Gasteiger partial charge in [-0.05, 0) is 42.5 Å². The van der Waals surface area contributed by atoms with Gasteiger partial charge in [0.05, 0.1) is 20.6 Å². The molecule has 39 heavy (non-hydrogen) atoms. The second kappa shape index (κ2) is 10.7. The summed E-state index contributed by atoms with van der Waals surface area (Å²) in [5, 5.41) is 22.0. The van der Waals surface area contributed by atoms with Crippen LogP contribution in [-0.2, 0) is 22.6 Å². The minimum absolute atomic E-state index is 0.00574. The third-order valence-electron chi connectivity index (χ3n) is 7.75. The minimum atomic E-state index is -1.26. The van der Waals surface area contributed by atoms with E-state index < -0.39 is 28.8 Å². The van der Waals surface area contributed by atoms with Crippen molar-refractivity contribution in [2.24, 2.45) is 5.92 Å². The number of amides is 4. The van der Waals surface area contributed by atoms with Crippen molar-refractivity contribution in [3.8, 4) is 11.5 Å². The normalized spacial score (nSPS) is 22.8. The molecule has 0 saturated carbocycles. The zero-order chi connectivity index (χ0) is 27.8. The van der Waals surface area contributed by atoms with Crippen LogP contribution in [0.5, 0.6) is 11.5 Å². The molecule has 13 heteroatoms. The van der Waals surface area contributed by atoms with Crippen molar-refractivity contribution in [3.63, 3.8) is 0 Å². The molecule has 0 aliphatic carbocycles. The molecule has 1 aromatic carbocycles. The van der Waals surface area contributed by atoms with Gasteiger partial charge in [-0.1, -0.05) is 6.07 Å². The fourth-order valence-corrected chi connectivity index (χ4v) is 5.82. The number of hydrogen-bond donors (Lipinski definition) is 3. The first kappa shape index (κ1) is 26.7. The molecule has 0 spiro atoms. The fraction of sp³-hybridized carbons (Fsp3) is 0.462. The third kappa shape index (κ3) is 5.07. The molecule has 2 bridgehead atoms. The second-order valence-corrected chi connectivity index (χ2v) is 10.1. The third-order valence-corrected chi connectivity index (χ3v) is 7.75. The van der Waals surface area contributed by atoms with Crippen LogP contribution >= 0.6 is 0 Å². The largest absolute Gasteiger partial charge is 0.595 e. The number of quaternary nitrogens is 1. The summed E-state index contributed by atoms with van der Waals surface area (Å²) >= 11 is 0. The molecule has 3 aliphatic rings. The van der Waals surface area contributed by atoms with Crippen LogP contribution in [0.25, 0.3) is 0 Å². The number of urea groups is 1. The first-order valence-electron chi connectivity index (χ1n) is 12.8. The number of likely N-dealkylation sites (tertiary alicyclic amines) is 1. The molecule has 4 heterocycles. The van der Waals surface area contributed by atoms with Gasteiger partial charge in [0, 0.05) is 43.9 Å². The topological polar surface area (TPSA) is 158 Å². The number of methoxy groups -OCH3 is 2. The zero-order valence-corrected chi connectivity index (χ0v) is 21.7. The standard InChI is InChI=1S/C26H31N5O8/c1-38-21-6-3-15(10-22(21)39-2)7-8-29-24(33)18(27-26(29)35)11-23(32)28-12-16-9-17(14-28)19-4-5-20(31(36)37)25(34)30(19)13-16/h3-6,10,16-18,31,36H,7-9,11-14H2,1-2H3,(H,27,35)/t16-,17+,18+/m1/s1. The van der Waals surface area contributed by atoms with Gasteiger partial charge in [-0.3, -0.25) is 19.3 Å². The number of carbonyl (C=O) groups is 3. The van der Waals surface area contributed by atoms with E-state index in [0.29, 0.717) is 43.2 Å². The Hall–Kier alpha value is -3.94. The molecule has 5 rings (SSSR count). The first-order chi connectivity index (χ1) is 18.7. The summed E-state index contributed by atoms with van der Waals surface area (Å²) in [6, 6.07) is 6.89. The van der Waals surface area contributed by atoms with Gasteiger partial charge >= 0.3 is 11.6 Å². The smallest absolute Gasteiger partial charge is 0.324 e. The number of imide groups is 1. The average Bonchev–Trinajstić information content (AvgIpc) is 3.18. The molecule has 1 unspecified atom stereocenters. The van der Waals surface area contributed by atoms with Gasteiger partial charge in [0.25, 0.3) is 5.91 Å². The monoisotopic (exact) mass is 541 g/mol. The molecular formula is C26H31N5O8. The van der Waals surface area contributed by atoms with Gasteiger partial charge in [-0.25, -0.2) is 10.0 Å². The van der Waals surface area contributed by atoms with E-state index in [-0.39, 0.29) is 36.4 Å². The van der Waals surface area contributed by atoms with Gasteiger partial charge in [-0.2, -0.15) is 5.23 Å². The number of fused-ring (bicyclic) bond motifs is 4. The molecule has 208 valence electrons. The number of pyridine rings is 1. The van der Waals surface area contributed by atoms with Crippen LogP contribution in [0.3, 0.4) is 0 Å². The van der Waals surface area contributed by atoms with E-state index in [1.807, 2.05) is 6.07 Å². The highest BCUT2D eigenvalue weighted by Crippen LogP contribution is 2.35. The first-order valence-corrected chi connectivity index (χ1v) is 12.8. The Balaban J connectivity index is 1.21. The Kier molecular flexibility index (Phi) is 7.30. The molecule has 2 fully saturated rings. The SMILES string of the molecule is COc1ccc(CCN2C(=O)N[C@@H](CC(=O)N3C[C@H]4C[C@@H](C3)c3ccc([NH+]([O-])O)c(=O)n3C4)C2=O)cc1OC. The molecule has 2 aromatic rings. The lowest BCUT2D eigenvalue weighted by molar-refractivity contribution is -0.992. The van der Waals surface area contributed by atoms with E-state index in [9.17, 15) is 29.6 Å². The van der Waals surface area contributed by atoms with Crippen molar-refractivity contribution in [1.29, 1.82) is 0 Å². The number of rotatable bonds is 8. The Labute approximate surface area is 224 Å². The summed E-state index contributed by atoms with van der Waals surface area (Å²) in [5.41, 5.74) is 0.785. The van der Waals surface area contributed by atoms with Crippen molar-refractivity contribution >= 4 is 23.5 Å². The van der Waals surface area contributed by atoms with E-state index in [1.165, 1.54) is 17.7 Å². The number of nitrogens with one attached hydrogen (secondary N) is 2. The zero-order valence-electron chi connectivity index (χ0n) is 21.7. The summed E-state index contributed by atoms with van der Waals surface area (Å²) in [4.78, 5) is 54.2. The maximum Gasteiger partial charge on any atom is 0.324 e. The maximum absolute atomic E-state index is 13.2. The van der Waals surface area contributed by atoms with Crippen LogP contribution in [0.1, 0.15) is 30.0 Å². The number of nitrogens with zero attached hydrogens (tertiary/aromatic N) is 3. The summed E-state index contributed by atoms with van der Waals surface area (Å²) in [7, 11) is 3.07. The second-order valence-electron chi connectivity index (χ2n) is 10.1. The maximum atomic E-state index is 13.2. The quantitative estimate of drug-likeness (QED) is 0.305. The highest BCUT2D eigenvalue weighted by atomic mass is 16.8. The van der Waals surface area contributed by atoms with E-state index in [2.05, 4.69) is 5.32 Å². The number of piperidine rings is 1. The van der Waals surface area contributed by atoms with Gasteiger partial charge in [0.15, 0.2) is 11.5 Å². The molecule has 0 radical (unpaired) electrons. The highest BCUT2D eigenvalue weighted by Gasteiger charge is 2.42. The number of carbonyl (C=O) groups excluding carboxylic acids is 3. The van der Waals surface area contributed by atoms with Crippen molar-refractivity contribution in [1.82, 2.24) is 19.7 Å². The molecule has 2 saturated heterocycles. The van der Waals surface area contributed by atoms with Crippen LogP contribution < -0.4 is 25.6 Å². The van der Waals surface area contributed by atoms with Gasteiger partial charge < -0.3 is 29.5 Å². The molecule has 4 amide bonds. The van der Waals surface area contributed by atoms with Crippen LogP contribution in [0.15, 0.2) is 35.1 Å². The summed E-state index contributed by atoms with van der Waals surface area (Å²) < 4.78 is 12.1. The van der Waals surface area contributed by atoms with Gasteiger partial charge in [-0.15, -0.1) is 0 Å². The van der Waals surface area contributed by atoms with Crippen LogP contribution in [0.2, 0.25) is 0 Å². The lowest BCUT2D eigenvalue weighted by atomic mass is 9.83. The number of benzene rings is 1. The van der Waals surface area contributed by atoms with Crippen LogP contribution in [0, 0.1) is 11.1 Å². The molecule has 4 atom stereocenters.